The van der Waals surface area contributed by atoms with Gasteiger partial charge in [-0.05, 0) is 48.5 Å². The van der Waals surface area contributed by atoms with E-state index in [1.807, 2.05) is 4.72 Å². The van der Waals surface area contributed by atoms with E-state index in [1.165, 1.54) is 6.07 Å². The second-order valence-electron chi connectivity index (χ2n) is 6.68. The number of nitro groups is 1. The third-order valence-electron chi connectivity index (χ3n) is 4.28. The summed E-state index contributed by atoms with van der Waals surface area (Å²) < 4.78 is 93.2. The van der Waals surface area contributed by atoms with Crippen molar-refractivity contribution in [2.24, 2.45) is 0 Å². The van der Waals surface area contributed by atoms with Crippen molar-refractivity contribution in [1.29, 1.82) is 0 Å². The van der Waals surface area contributed by atoms with Crippen LogP contribution in [0.1, 0.15) is 5.56 Å². The molecule has 15 heteroatoms. The zero-order valence-corrected chi connectivity index (χ0v) is 19.0. The van der Waals surface area contributed by atoms with E-state index in [2.05, 4.69) is 4.72 Å². The number of nitrogens with one attached hydrogen (secondary N) is 2. The minimum absolute atomic E-state index is 0.0590. The van der Waals surface area contributed by atoms with Crippen LogP contribution in [0.2, 0.25) is 5.02 Å². The van der Waals surface area contributed by atoms with Crippen molar-refractivity contribution >= 4 is 48.7 Å². The fourth-order valence-corrected chi connectivity index (χ4v) is 5.07. The predicted molar refractivity (Wildman–Crippen MR) is 118 cm³/mol. The number of hydrogen-bond acceptors (Lipinski definition) is 6. The largest absolute Gasteiger partial charge is 0.417 e. The molecule has 0 atom stereocenters. The molecule has 0 unspecified atom stereocenters. The van der Waals surface area contributed by atoms with Crippen molar-refractivity contribution in [3.8, 4) is 0 Å². The Morgan fingerprint density at radius 2 is 1.35 bits per heavy atom. The van der Waals surface area contributed by atoms with E-state index in [1.54, 1.807) is 0 Å². The summed E-state index contributed by atoms with van der Waals surface area (Å²) >= 11 is 5.52. The van der Waals surface area contributed by atoms with Gasteiger partial charge >= 0.3 is 6.18 Å². The van der Waals surface area contributed by atoms with Crippen LogP contribution in [0.15, 0.2) is 76.5 Å². The fourth-order valence-electron chi connectivity index (χ4n) is 2.70. The van der Waals surface area contributed by atoms with Crippen molar-refractivity contribution in [1.82, 2.24) is 0 Å². The molecule has 3 aromatic rings. The molecule has 0 aliphatic rings. The van der Waals surface area contributed by atoms with Crippen LogP contribution in [0.5, 0.6) is 0 Å². The van der Waals surface area contributed by atoms with Gasteiger partial charge in [0.1, 0.15) is 0 Å². The van der Waals surface area contributed by atoms with Gasteiger partial charge in [-0.2, -0.15) is 13.2 Å². The molecule has 0 saturated carbocycles. The van der Waals surface area contributed by atoms with E-state index in [-0.39, 0.29) is 21.2 Å². The topological polar surface area (TPSA) is 135 Å². The lowest BCUT2D eigenvalue weighted by Gasteiger charge is -2.13. The minimum Gasteiger partial charge on any atom is -0.280 e. The molecule has 0 radical (unpaired) electrons. The molecule has 2 N–H and O–H groups in total. The third-order valence-corrected chi connectivity index (χ3v) is 7.39. The molecular weight excluding hydrogens is 523 g/mol. The Morgan fingerprint density at radius 3 is 1.94 bits per heavy atom. The lowest BCUT2D eigenvalue weighted by molar-refractivity contribution is -0.385. The normalized spacial score (nSPS) is 12.2. The quantitative estimate of drug-likeness (QED) is 0.327. The summed E-state index contributed by atoms with van der Waals surface area (Å²) in [5, 5.41) is 10.2. The van der Waals surface area contributed by atoms with Gasteiger partial charge in [-0.25, -0.2) is 16.8 Å². The number of benzene rings is 3. The molecule has 0 aliphatic carbocycles. The summed E-state index contributed by atoms with van der Waals surface area (Å²) in [7, 11) is -8.56. The van der Waals surface area contributed by atoms with Crippen LogP contribution >= 0.6 is 11.6 Å². The summed E-state index contributed by atoms with van der Waals surface area (Å²) in [6, 6.07) is 11.0. The first-order valence-electron chi connectivity index (χ1n) is 8.96. The molecule has 180 valence electrons. The van der Waals surface area contributed by atoms with E-state index in [9.17, 15) is 40.1 Å². The monoisotopic (exact) mass is 535 g/mol. The van der Waals surface area contributed by atoms with Crippen LogP contribution in [0.4, 0.5) is 30.2 Å². The summed E-state index contributed by atoms with van der Waals surface area (Å²) in [6.07, 6.45) is -4.80. The van der Waals surface area contributed by atoms with Gasteiger partial charge in [-0.3, -0.25) is 19.6 Å². The summed E-state index contributed by atoms with van der Waals surface area (Å²) in [6.45, 7) is 0. The number of halogens is 4. The van der Waals surface area contributed by atoms with E-state index in [4.69, 9.17) is 11.6 Å². The summed E-state index contributed by atoms with van der Waals surface area (Å²) in [5.74, 6) is 0. The van der Waals surface area contributed by atoms with Gasteiger partial charge in [0.2, 0.25) is 0 Å². The Hall–Kier alpha value is -3.36. The Balaban J connectivity index is 1.81. The van der Waals surface area contributed by atoms with Gasteiger partial charge < -0.3 is 0 Å². The molecule has 3 aromatic carbocycles. The first kappa shape index (κ1) is 25.3. The van der Waals surface area contributed by atoms with Gasteiger partial charge in [0.05, 0.1) is 25.3 Å². The van der Waals surface area contributed by atoms with Crippen LogP contribution < -0.4 is 9.44 Å². The van der Waals surface area contributed by atoms with E-state index >= 15 is 0 Å². The number of nitrogens with zero attached hydrogens (tertiary/aromatic N) is 1. The van der Waals surface area contributed by atoms with Crippen LogP contribution in [0.3, 0.4) is 0 Å². The zero-order valence-electron chi connectivity index (χ0n) is 16.6. The van der Waals surface area contributed by atoms with E-state index in [0.717, 1.165) is 54.6 Å². The highest BCUT2D eigenvalue weighted by atomic mass is 35.5. The molecule has 0 heterocycles. The van der Waals surface area contributed by atoms with Gasteiger partial charge in [0.15, 0.2) is 0 Å². The molecule has 0 amide bonds. The second kappa shape index (κ2) is 9.12. The Kier molecular flexibility index (Phi) is 6.78. The molecule has 9 nitrogen and oxygen atoms in total. The molecule has 0 fully saturated rings. The molecule has 3 rings (SSSR count). The zero-order chi connectivity index (χ0) is 25.3. The molecule has 0 spiro atoms. The maximum absolute atomic E-state index is 13.0. The van der Waals surface area contributed by atoms with Crippen molar-refractivity contribution in [3.63, 3.8) is 0 Å². The van der Waals surface area contributed by atoms with Crippen LogP contribution in [0.25, 0.3) is 0 Å². The van der Waals surface area contributed by atoms with Crippen molar-refractivity contribution in [2.75, 3.05) is 9.44 Å². The maximum Gasteiger partial charge on any atom is 0.417 e. The fraction of sp³-hybridized carbons (Fsp3) is 0.0526. The van der Waals surface area contributed by atoms with E-state index in [0.29, 0.717) is 6.07 Å². The second-order valence-corrected chi connectivity index (χ2v) is 10.5. The Bertz CT molecular complexity index is 1460. The van der Waals surface area contributed by atoms with Gasteiger partial charge in [-0.1, -0.05) is 17.7 Å². The summed E-state index contributed by atoms with van der Waals surface area (Å²) in [5.41, 5.74) is -2.10. The number of non-ortho nitro benzene ring substituents is 1. The average Bonchev–Trinajstić information content (AvgIpc) is 2.74. The lowest BCUT2D eigenvalue weighted by atomic mass is 10.2. The number of hydrogen-bond donors (Lipinski definition) is 2. The van der Waals surface area contributed by atoms with Gasteiger partial charge in [-0.15, -0.1) is 0 Å². The van der Waals surface area contributed by atoms with Crippen molar-refractivity contribution in [3.05, 3.63) is 87.4 Å². The first-order chi connectivity index (χ1) is 15.7. The SMILES string of the molecule is O=[N+]([O-])c1cccc(S(=O)(=O)Nc2ccc(S(=O)(=O)Nc3ccc(Cl)c(C(F)(F)F)c3)cc2)c1. The smallest absolute Gasteiger partial charge is 0.280 e. The predicted octanol–water partition coefficient (Wildman–Crippen LogP) is 4.87. The Morgan fingerprint density at radius 1 is 0.794 bits per heavy atom. The highest BCUT2D eigenvalue weighted by Crippen LogP contribution is 2.36. The van der Waals surface area contributed by atoms with E-state index < -0.39 is 47.4 Å². The average molecular weight is 536 g/mol. The van der Waals surface area contributed by atoms with Gasteiger partial charge in [0.25, 0.3) is 25.7 Å². The highest BCUT2D eigenvalue weighted by molar-refractivity contribution is 7.93. The number of rotatable bonds is 7. The third kappa shape index (κ3) is 5.76. The molecule has 34 heavy (non-hydrogen) atoms. The molecule has 0 aromatic heterocycles. The first-order valence-corrected chi connectivity index (χ1v) is 12.3. The highest BCUT2D eigenvalue weighted by Gasteiger charge is 2.33. The lowest BCUT2D eigenvalue weighted by Crippen LogP contribution is -2.15. The number of alkyl halides is 3. The molecule has 0 bridgehead atoms. The van der Waals surface area contributed by atoms with Crippen LogP contribution in [-0.2, 0) is 26.2 Å². The number of anilines is 2. The standard InChI is InChI=1S/C19H13ClF3N3O6S2/c20-18-9-6-13(10-17(18)19(21,22)23)25-33(29,30)15-7-4-12(5-8-15)24-34(31,32)16-3-1-2-14(11-16)26(27)28/h1-11,24-25H. The Labute approximate surface area is 196 Å². The molecule has 0 aliphatic heterocycles. The number of sulfonamides is 2. The molecular formula is C19H13ClF3N3O6S2. The van der Waals surface area contributed by atoms with Crippen molar-refractivity contribution < 1.29 is 34.9 Å². The minimum atomic E-state index is -4.80. The van der Waals surface area contributed by atoms with Gasteiger partial charge in [0, 0.05) is 23.5 Å². The molecule has 0 saturated heterocycles. The number of nitro benzene ring substituents is 1. The van der Waals surface area contributed by atoms with Crippen molar-refractivity contribution in [2.45, 2.75) is 16.0 Å². The summed E-state index contributed by atoms with van der Waals surface area (Å²) in [4.78, 5) is 9.34. The van der Waals surface area contributed by atoms with Crippen LogP contribution in [-0.4, -0.2) is 21.8 Å². The maximum atomic E-state index is 13.0. The van der Waals surface area contributed by atoms with Crippen LogP contribution in [0, 0.1) is 10.1 Å².